The van der Waals surface area contributed by atoms with Crippen LogP contribution >= 0.6 is 11.6 Å². The fraction of sp³-hybridized carbons (Fsp3) is 0.471. The molecule has 8 N–H and O–H groups in total. The van der Waals surface area contributed by atoms with E-state index >= 15 is 0 Å². The Hall–Kier alpha value is -4.33. The lowest BCUT2D eigenvalue weighted by molar-refractivity contribution is -0.133. The quantitative estimate of drug-likeness (QED) is 0.0741. The van der Waals surface area contributed by atoms with Gasteiger partial charge in [0.05, 0.1) is 31.6 Å². The van der Waals surface area contributed by atoms with Crippen LogP contribution in [0, 0.1) is 0 Å². The van der Waals surface area contributed by atoms with Gasteiger partial charge in [-0.2, -0.15) is 0 Å². The molecule has 0 aliphatic carbocycles. The van der Waals surface area contributed by atoms with Crippen LogP contribution in [-0.2, 0) is 30.4 Å². The number of rotatable bonds is 21. The number of ketones is 1. The van der Waals surface area contributed by atoms with Crippen LogP contribution in [0.15, 0.2) is 48.5 Å². The molecule has 0 fully saturated rings. The number of carbonyl (C=O) groups is 6. The van der Waals surface area contributed by atoms with Gasteiger partial charge in [0.15, 0.2) is 5.78 Å². The largest absolute Gasteiger partial charge is 0.391 e. The fourth-order valence-electron chi connectivity index (χ4n) is 4.59. The minimum atomic E-state index is -1.43. The Labute approximate surface area is 286 Å². The average Bonchev–Trinajstić information content (AvgIpc) is 3.09. The van der Waals surface area contributed by atoms with Crippen LogP contribution in [0.25, 0.3) is 11.1 Å². The topological polar surface area (TPSA) is 209 Å². The number of unbranched alkanes of at least 4 members (excludes halogenated alkanes) is 2. The number of hydrogen-bond acceptors (Lipinski definition) is 8. The number of hydrogen-bond donors (Lipinski definition) is 7. The highest BCUT2D eigenvalue weighted by Crippen LogP contribution is 2.21. The van der Waals surface area contributed by atoms with Crippen molar-refractivity contribution in [2.45, 2.75) is 70.6 Å². The van der Waals surface area contributed by atoms with Crippen LogP contribution < -0.4 is 32.3 Å². The molecule has 13 nitrogen and oxygen atoms in total. The highest BCUT2D eigenvalue weighted by molar-refractivity contribution is 6.28. The Kier molecular flexibility index (Phi) is 17.9. The van der Waals surface area contributed by atoms with Gasteiger partial charge in [-0.05, 0) is 74.4 Å². The molecule has 3 atom stereocenters. The van der Waals surface area contributed by atoms with E-state index in [9.17, 15) is 33.9 Å². The van der Waals surface area contributed by atoms with Gasteiger partial charge in [-0.25, -0.2) is 0 Å². The Morgan fingerprint density at radius 1 is 0.771 bits per heavy atom. The number of carbonyl (C=O) groups excluding carboxylic acids is 6. The predicted octanol–water partition coefficient (Wildman–Crippen LogP) is 0.946. The van der Waals surface area contributed by atoms with Gasteiger partial charge < -0.3 is 37.4 Å². The van der Waals surface area contributed by atoms with Gasteiger partial charge in [-0.1, -0.05) is 49.7 Å². The monoisotopic (exact) mass is 686 g/mol. The third-order valence-corrected chi connectivity index (χ3v) is 7.67. The summed E-state index contributed by atoms with van der Waals surface area (Å²) in [7, 11) is 0. The van der Waals surface area contributed by atoms with E-state index in [1.807, 2.05) is 24.3 Å². The van der Waals surface area contributed by atoms with Crippen LogP contribution in [0.2, 0.25) is 0 Å². The molecule has 0 saturated carbocycles. The second-order valence-corrected chi connectivity index (χ2v) is 11.6. The maximum absolute atomic E-state index is 12.7. The molecule has 0 radical (unpaired) electrons. The van der Waals surface area contributed by atoms with Gasteiger partial charge in [0.1, 0.15) is 12.1 Å². The predicted molar refractivity (Wildman–Crippen MR) is 183 cm³/mol. The molecular formula is C34H47ClN6O7. The Balaban J connectivity index is 1.87. The summed E-state index contributed by atoms with van der Waals surface area (Å²) in [6, 6.07) is 12.8. The zero-order chi connectivity index (χ0) is 35.5. The van der Waals surface area contributed by atoms with Crippen LogP contribution in [0.3, 0.4) is 0 Å². The molecule has 2 rings (SSSR count). The summed E-state index contributed by atoms with van der Waals surface area (Å²) in [6.07, 6.45) is 3.33. The van der Waals surface area contributed by atoms with Crippen molar-refractivity contribution in [2.24, 2.45) is 5.73 Å². The van der Waals surface area contributed by atoms with Crippen molar-refractivity contribution in [1.29, 1.82) is 0 Å². The molecule has 0 aromatic heterocycles. The molecule has 0 heterocycles. The van der Waals surface area contributed by atoms with Gasteiger partial charge >= 0.3 is 0 Å². The van der Waals surface area contributed by atoms with Crippen molar-refractivity contribution in [3.05, 3.63) is 59.7 Å². The zero-order valence-electron chi connectivity index (χ0n) is 27.5. The number of benzene rings is 2. The molecular weight excluding hydrogens is 640 g/mol. The van der Waals surface area contributed by atoms with E-state index in [1.165, 1.54) is 12.5 Å². The molecule has 3 unspecified atom stereocenters. The molecule has 2 aromatic carbocycles. The Morgan fingerprint density at radius 2 is 1.35 bits per heavy atom. The minimum absolute atomic E-state index is 0.243. The van der Waals surface area contributed by atoms with Gasteiger partial charge in [0.25, 0.3) is 5.91 Å². The number of Topliss-reactive ketones (excluding diaryl/α,β-unsaturated/α-hetero) is 1. The zero-order valence-corrected chi connectivity index (χ0v) is 28.2. The number of nitrogens with two attached hydrogens (primary N) is 1. The third kappa shape index (κ3) is 14.2. The first-order valence-electron chi connectivity index (χ1n) is 16.1. The van der Waals surface area contributed by atoms with Crippen LogP contribution in [-0.4, -0.2) is 90.7 Å². The standard InChI is InChI=1S/C34H47ClN6O7/c1-3-4-7-23-9-11-24(12-10-23)25-13-15-26(16-14-25)32(46)38-21-30(45)41-31(22(2)42)34(48)39-20-29(44)40-28(8-5-6-17-36)33(47)37-19-27(43)18-35/h9-16,22,28,31,42H,3-8,17-21,36H2,1-2H3,(H,37,47)(H,38,46)(H,39,48)(H,40,44)(H,41,45). The summed E-state index contributed by atoms with van der Waals surface area (Å²) < 4.78 is 0. The number of alkyl halides is 1. The molecule has 2 aromatic rings. The number of aliphatic hydroxyl groups excluding tert-OH is 1. The molecule has 0 bridgehead atoms. The van der Waals surface area contributed by atoms with Crippen LogP contribution in [0.5, 0.6) is 0 Å². The maximum Gasteiger partial charge on any atom is 0.251 e. The third-order valence-electron chi connectivity index (χ3n) is 7.37. The highest BCUT2D eigenvalue weighted by Gasteiger charge is 2.27. The summed E-state index contributed by atoms with van der Waals surface area (Å²) in [5.41, 5.74) is 9.07. The lowest BCUT2D eigenvalue weighted by Gasteiger charge is -2.22. The van der Waals surface area contributed by atoms with Gasteiger partial charge in [-0.3, -0.25) is 28.8 Å². The van der Waals surface area contributed by atoms with Crippen molar-refractivity contribution in [3.8, 4) is 11.1 Å². The molecule has 0 aliphatic heterocycles. The van der Waals surface area contributed by atoms with Crippen LogP contribution in [0.1, 0.15) is 61.9 Å². The van der Waals surface area contributed by atoms with Crippen molar-refractivity contribution >= 4 is 46.9 Å². The normalized spacial score (nSPS) is 12.6. The number of nitrogens with one attached hydrogen (secondary N) is 5. The number of halogens is 1. The summed E-state index contributed by atoms with van der Waals surface area (Å²) in [6.45, 7) is 2.50. The van der Waals surface area contributed by atoms with E-state index in [-0.39, 0.29) is 18.8 Å². The van der Waals surface area contributed by atoms with Gasteiger partial charge in [-0.15, -0.1) is 11.6 Å². The molecule has 5 amide bonds. The van der Waals surface area contributed by atoms with E-state index in [4.69, 9.17) is 17.3 Å². The van der Waals surface area contributed by atoms with Crippen LogP contribution in [0.4, 0.5) is 0 Å². The molecule has 48 heavy (non-hydrogen) atoms. The molecule has 0 aliphatic rings. The molecule has 262 valence electrons. The van der Waals surface area contributed by atoms with Crippen molar-refractivity contribution in [1.82, 2.24) is 26.6 Å². The van der Waals surface area contributed by atoms with Crippen molar-refractivity contribution in [3.63, 3.8) is 0 Å². The van der Waals surface area contributed by atoms with Crippen molar-refractivity contribution < 1.29 is 33.9 Å². The van der Waals surface area contributed by atoms with Crippen molar-refractivity contribution in [2.75, 3.05) is 32.1 Å². The van der Waals surface area contributed by atoms with Gasteiger partial charge in [0, 0.05) is 5.56 Å². The van der Waals surface area contributed by atoms with E-state index in [1.54, 1.807) is 12.1 Å². The number of amides is 5. The second-order valence-electron chi connectivity index (χ2n) is 11.4. The summed E-state index contributed by atoms with van der Waals surface area (Å²) in [5.74, 6) is -4.07. The van der Waals surface area contributed by atoms with E-state index < -0.39 is 66.6 Å². The number of aryl methyl sites for hydroxylation is 1. The Morgan fingerprint density at radius 3 is 1.94 bits per heavy atom. The lowest BCUT2D eigenvalue weighted by Crippen LogP contribution is -2.56. The van der Waals surface area contributed by atoms with E-state index in [0.717, 1.165) is 30.4 Å². The average molecular weight is 687 g/mol. The maximum atomic E-state index is 12.7. The SMILES string of the molecule is CCCCc1ccc(-c2ccc(C(=O)NCC(=O)NC(C(=O)NCC(=O)NC(CCCCN)C(=O)NCC(=O)CCl)C(C)O)cc2)cc1. The first-order valence-corrected chi connectivity index (χ1v) is 16.6. The lowest BCUT2D eigenvalue weighted by atomic mass is 10.0. The summed E-state index contributed by atoms with van der Waals surface area (Å²) >= 11 is 5.46. The summed E-state index contributed by atoms with van der Waals surface area (Å²) in [4.78, 5) is 74.5. The van der Waals surface area contributed by atoms with E-state index in [2.05, 4.69) is 45.6 Å². The minimum Gasteiger partial charge on any atom is -0.391 e. The molecule has 14 heteroatoms. The smallest absolute Gasteiger partial charge is 0.251 e. The first-order chi connectivity index (χ1) is 23.0. The molecule has 0 spiro atoms. The van der Waals surface area contributed by atoms with E-state index in [0.29, 0.717) is 24.9 Å². The highest BCUT2D eigenvalue weighted by atomic mass is 35.5. The molecule has 0 saturated heterocycles. The van der Waals surface area contributed by atoms with Gasteiger partial charge in [0.2, 0.25) is 23.6 Å². The fourth-order valence-corrected chi connectivity index (χ4v) is 4.69. The first kappa shape index (κ1) is 39.8. The second kappa shape index (κ2) is 21.5. The Bertz CT molecular complexity index is 1370. The number of aliphatic hydroxyl groups is 1. The summed E-state index contributed by atoms with van der Waals surface area (Å²) in [5, 5.41) is 22.2.